The monoisotopic (exact) mass is 364 g/mol. The first-order valence-corrected chi connectivity index (χ1v) is 9.30. The lowest BCUT2D eigenvalue weighted by atomic mass is 9.94. The van der Waals surface area contributed by atoms with Crippen LogP contribution in [-0.4, -0.2) is 47.1 Å². The number of amides is 1. The van der Waals surface area contributed by atoms with Gasteiger partial charge in [0.2, 0.25) is 5.91 Å². The number of carbonyl (C=O) groups excluding carboxylic acids is 1. The van der Waals surface area contributed by atoms with E-state index in [0.29, 0.717) is 24.4 Å². The second-order valence-electron chi connectivity index (χ2n) is 6.74. The minimum absolute atomic E-state index is 0.101. The average Bonchev–Trinajstić information content (AvgIpc) is 2.65. The number of rotatable bonds is 9. The smallest absolute Gasteiger partial charge is 0.314 e. The van der Waals surface area contributed by atoms with Crippen LogP contribution in [0.25, 0.3) is 0 Å². The minimum Gasteiger partial charge on any atom is -0.487 e. The van der Waals surface area contributed by atoms with Crippen LogP contribution in [0.3, 0.4) is 0 Å². The van der Waals surface area contributed by atoms with E-state index in [1.54, 1.807) is 18.2 Å². The molecule has 0 spiro atoms. The van der Waals surface area contributed by atoms with E-state index in [4.69, 9.17) is 9.84 Å². The zero-order chi connectivity index (χ0) is 18.9. The van der Waals surface area contributed by atoms with Crippen molar-refractivity contribution in [2.45, 2.75) is 57.4 Å². The molecule has 1 N–H and O–H groups in total. The van der Waals surface area contributed by atoms with Gasteiger partial charge in [-0.05, 0) is 25.3 Å². The highest BCUT2D eigenvalue weighted by Gasteiger charge is 2.22. The standard InChI is InChI=1S/C19H28N2O5/c1-20(16-8-3-2-4-9-16)18(23)11-6-14-26-17-10-5-7-15(12-13-22)19(17)21(24)25/h5,7,10,16,22H,2-4,6,8-9,11-14H2,1H3. The van der Waals surface area contributed by atoms with Gasteiger partial charge in [0, 0.05) is 38.1 Å². The van der Waals surface area contributed by atoms with Crippen LogP contribution in [0.4, 0.5) is 5.69 Å². The highest BCUT2D eigenvalue weighted by molar-refractivity contribution is 5.76. The predicted octanol–water partition coefficient (Wildman–Crippen LogP) is 3.08. The van der Waals surface area contributed by atoms with Crippen LogP contribution in [0.5, 0.6) is 5.75 Å². The summed E-state index contributed by atoms with van der Waals surface area (Å²) in [7, 11) is 1.86. The molecule has 0 aliphatic heterocycles. The number of hydrogen-bond donors (Lipinski definition) is 1. The molecule has 1 fully saturated rings. The van der Waals surface area contributed by atoms with Crippen molar-refractivity contribution in [3.05, 3.63) is 33.9 Å². The zero-order valence-electron chi connectivity index (χ0n) is 15.4. The van der Waals surface area contributed by atoms with Crippen LogP contribution in [0.2, 0.25) is 0 Å². The maximum Gasteiger partial charge on any atom is 0.314 e. The molecule has 2 rings (SSSR count). The Hall–Kier alpha value is -2.15. The van der Waals surface area contributed by atoms with E-state index in [0.717, 1.165) is 12.8 Å². The number of aliphatic hydroxyl groups excluding tert-OH is 1. The molecule has 0 heterocycles. The van der Waals surface area contributed by atoms with Crippen LogP contribution in [-0.2, 0) is 11.2 Å². The zero-order valence-corrected chi connectivity index (χ0v) is 15.4. The van der Waals surface area contributed by atoms with Gasteiger partial charge in [-0.2, -0.15) is 0 Å². The molecule has 0 radical (unpaired) electrons. The summed E-state index contributed by atoms with van der Waals surface area (Å²) in [6.45, 7) is 0.0833. The molecule has 1 aliphatic rings. The molecule has 7 heteroatoms. The molecule has 1 aromatic rings. The quantitative estimate of drug-likeness (QED) is 0.413. The summed E-state index contributed by atoms with van der Waals surface area (Å²) in [5, 5.41) is 20.4. The third kappa shape index (κ3) is 5.42. The second kappa shape index (κ2) is 10.1. The summed E-state index contributed by atoms with van der Waals surface area (Å²) in [5.41, 5.74) is 0.343. The second-order valence-corrected chi connectivity index (χ2v) is 6.74. The summed E-state index contributed by atoms with van der Waals surface area (Å²) >= 11 is 0. The van der Waals surface area contributed by atoms with Gasteiger partial charge in [-0.25, -0.2) is 0 Å². The Morgan fingerprint density at radius 3 is 2.73 bits per heavy atom. The van der Waals surface area contributed by atoms with E-state index in [9.17, 15) is 14.9 Å². The molecule has 26 heavy (non-hydrogen) atoms. The Labute approximate surface area is 154 Å². The SMILES string of the molecule is CN(C(=O)CCCOc1cccc(CCO)c1[N+](=O)[O-])C1CCCCC1. The molecule has 0 saturated heterocycles. The first-order chi connectivity index (χ1) is 12.5. The largest absolute Gasteiger partial charge is 0.487 e. The van der Waals surface area contributed by atoms with Crippen LogP contribution >= 0.6 is 0 Å². The normalized spacial score (nSPS) is 14.8. The van der Waals surface area contributed by atoms with Gasteiger partial charge in [0.1, 0.15) is 0 Å². The topological polar surface area (TPSA) is 92.9 Å². The van der Waals surface area contributed by atoms with Gasteiger partial charge < -0.3 is 14.7 Å². The van der Waals surface area contributed by atoms with E-state index in [1.165, 1.54) is 19.3 Å². The van der Waals surface area contributed by atoms with Crippen molar-refractivity contribution in [2.75, 3.05) is 20.3 Å². The summed E-state index contributed by atoms with van der Waals surface area (Å²) in [5.74, 6) is 0.290. The highest BCUT2D eigenvalue weighted by atomic mass is 16.6. The molecular formula is C19H28N2O5. The van der Waals surface area contributed by atoms with Gasteiger partial charge in [-0.3, -0.25) is 14.9 Å². The minimum atomic E-state index is -0.484. The fraction of sp³-hybridized carbons (Fsp3) is 0.632. The molecule has 7 nitrogen and oxygen atoms in total. The first-order valence-electron chi connectivity index (χ1n) is 9.30. The fourth-order valence-corrected chi connectivity index (χ4v) is 3.47. The average molecular weight is 364 g/mol. The maximum atomic E-state index is 12.3. The van der Waals surface area contributed by atoms with Crippen LogP contribution < -0.4 is 4.74 Å². The molecule has 0 unspecified atom stereocenters. The molecular weight excluding hydrogens is 336 g/mol. The Kier molecular flexibility index (Phi) is 7.84. The number of aliphatic hydroxyl groups is 1. The number of benzene rings is 1. The number of ether oxygens (including phenoxy) is 1. The molecule has 0 atom stereocenters. The first kappa shape index (κ1) is 20.2. The van der Waals surface area contributed by atoms with Gasteiger partial charge in [0.05, 0.1) is 11.5 Å². The highest BCUT2D eigenvalue weighted by Crippen LogP contribution is 2.31. The number of nitro groups is 1. The van der Waals surface area contributed by atoms with Crippen molar-refractivity contribution in [2.24, 2.45) is 0 Å². The summed E-state index contributed by atoms with van der Waals surface area (Å²) < 4.78 is 5.57. The Morgan fingerprint density at radius 2 is 2.08 bits per heavy atom. The van der Waals surface area contributed by atoms with E-state index in [-0.39, 0.29) is 37.0 Å². The lowest BCUT2D eigenvalue weighted by Crippen LogP contribution is -2.38. The van der Waals surface area contributed by atoms with Gasteiger partial charge in [0.15, 0.2) is 5.75 Å². The van der Waals surface area contributed by atoms with E-state index < -0.39 is 4.92 Å². The van der Waals surface area contributed by atoms with Crippen molar-refractivity contribution >= 4 is 11.6 Å². The van der Waals surface area contributed by atoms with Crippen LogP contribution in [0, 0.1) is 10.1 Å². The van der Waals surface area contributed by atoms with E-state index >= 15 is 0 Å². The summed E-state index contributed by atoms with van der Waals surface area (Å²) in [6, 6.07) is 5.18. The lowest BCUT2D eigenvalue weighted by molar-refractivity contribution is -0.386. The van der Waals surface area contributed by atoms with Gasteiger partial charge >= 0.3 is 5.69 Å². The third-order valence-electron chi connectivity index (χ3n) is 4.95. The molecule has 0 bridgehead atoms. The van der Waals surface area contributed by atoms with Gasteiger partial charge in [-0.1, -0.05) is 31.4 Å². The molecule has 1 aliphatic carbocycles. The number of nitro benzene ring substituents is 1. The van der Waals surface area contributed by atoms with Crippen molar-refractivity contribution in [3.63, 3.8) is 0 Å². The molecule has 1 aromatic carbocycles. The molecule has 1 saturated carbocycles. The van der Waals surface area contributed by atoms with Crippen molar-refractivity contribution in [1.82, 2.24) is 4.90 Å². The van der Waals surface area contributed by atoms with Gasteiger partial charge in [-0.15, -0.1) is 0 Å². The fourth-order valence-electron chi connectivity index (χ4n) is 3.47. The Balaban J connectivity index is 1.84. The predicted molar refractivity (Wildman–Crippen MR) is 98.3 cm³/mol. The molecule has 144 valence electrons. The van der Waals surface area contributed by atoms with Crippen molar-refractivity contribution in [1.29, 1.82) is 0 Å². The number of nitrogens with zero attached hydrogens (tertiary/aromatic N) is 2. The Morgan fingerprint density at radius 1 is 1.35 bits per heavy atom. The Bertz CT molecular complexity index is 614. The number of hydrogen-bond acceptors (Lipinski definition) is 5. The van der Waals surface area contributed by atoms with Crippen LogP contribution in [0.1, 0.15) is 50.5 Å². The van der Waals surface area contributed by atoms with Crippen LogP contribution in [0.15, 0.2) is 18.2 Å². The van der Waals surface area contributed by atoms with Gasteiger partial charge in [0.25, 0.3) is 0 Å². The number of para-hydroxylation sites is 1. The van der Waals surface area contributed by atoms with Crippen molar-refractivity contribution in [3.8, 4) is 5.75 Å². The summed E-state index contributed by atoms with van der Waals surface area (Å²) in [4.78, 5) is 25.0. The third-order valence-corrected chi connectivity index (χ3v) is 4.95. The maximum absolute atomic E-state index is 12.3. The molecule has 0 aromatic heterocycles. The lowest BCUT2D eigenvalue weighted by Gasteiger charge is -2.31. The summed E-state index contributed by atoms with van der Waals surface area (Å²) in [6.07, 6.45) is 6.84. The number of carbonyl (C=O) groups is 1. The van der Waals surface area contributed by atoms with Crippen molar-refractivity contribution < 1.29 is 19.6 Å². The van der Waals surface area contributed by atoms with E-state index in [1.807, 2.05) is 11.9 Å². The molecule has 1 amide bonds. The van der Waals surface area contributed by atoms with E-state index in [2.05, 4.69) is 0 Å².